The molecule has 1 saturated heterocycles. The predicted molar refractivity (Wildman–Crippen MR) is 131 cm³/mol. The fourth-order valence-corrected chi connectivity index (χ4v) is 4.09. The zero-order chi connectivity index (χ0) is 22.7. The molecule has 32 heavy (non-hydrogen) atoms. The van der Waals surface area contributed by atoms with E-state index in [1.165, 1.54) is 5.56 Å². The maximum absolute atomic E-state index is 12.9. The Morgan fingerprint density at radius 3 is 2.31 bits per heavy atom. The summed E-state index contributed by atoms with van der Waals surface area (Å²) in [6.07, 6.45) is 0.227. The van der Waals surface area contributed by atoms with Crippen LogP contribution in [-0.4, -0.2) is 18.4 Å². The van der Waals surface area contributed by atoms with Crippen molar-refractivity contribution in [2.45, 2.75) is 33.1 Å². The second-order valence-electron chi connectivity index (χ2n) is 8.63. The van der Waals surface area contributed by atoms with Gasteiger partial charge in [0.15, 0.2) is 0 Å². The van der Waals surface area contributed by atoms with Gasteiger partial charge in [-0.15, -0.1) is 0 Å². The highest BCUT2D eigenvalue weighted by molar-refractivity contribution is 6.04. The van der Waals surface area contributed by atoms with Crippen LogP contribution >= 0.6 is 0 Å². The average Bonchev–Trinajstić information content (AvgIpc) is 3.18. The number of hydrogen-bond donors (Lipinski definition) is 2. The lowest BCUT2D eigenvalue weighted by atomic mass is 10.0. The SMILES string of the molecule is Cc1ccccc1Nc1ccc(NC(=O)C2CC(=O)N(c3ccccc3C(C)C)C2)cc1. The fraction of sp³-hybridized carbons (Fsp3) is 0.259. The number of rotatable bonds is 6. The largest absolute Gasteiger partial charge is 0.355 e. The molecule has 3 aromatic carbocycles. The molecule has 0 spiro atoms. The summed E-state index contributed by atoms with van der Waals surface area (Å²) in [5.74, 6) is -0.190. The summed E-state index contributed by atoms with van der Waals surface area (Å²) in [6.45, 7) is 6.69. The molecule has 1 atom stereocenters. The highest BCUT2D eigenvalue weighted by atomic mass is 16.2. The van der Waals surface area contributed by atoms with Crippen LogP contribution in [0.3, 0.4) is 0 Å². The molecular formula is C27H29N3O2. The minimum atomic E-state index is -0.368. The van der Waals surface area contributed by atoms with Gasteiger partial charge in [-0.3, -0.25) is 9.59 Å². The van der Waals surface area contributed by atoms with Gasteiger partial charge >= 0.3 is 0 Å². The van der Waals surface area contributed by atoms with Crippen molar-refractivity contribution in [2.24, 2.45) is 5.92 Å². The molecule has 164 valence electrons. The van der Waals surface area contributed by atoms with Crippen molar-refractivity contribution >= 4 is 34.6 Å². The van der Waals surface area contributed by atoms with Gasteiger partial charge in [0.25, 0.3) is 0 Å². The van der Waals surface area contributed by atoms with Crippen LogP contribution in [0.1, 0.15) is 37.3 Å². The van der Waals surface area contributed by atoms with Crippen molar-refractivity contribution in [3.05, 3.63) is 83.9 Å². The van der Waals surface area contributed by atoms with Crippen molar-refractivity contribution in [3.8, 4) is 0 Å². The Morgan fingerprint density at radius 2 is 1.59 bits per heavy atom. The van der Waals surface area contributed by atoms with E-state index in [0.29, 0.717) is 12.5 Å². The van der Waals surface area contributed by atoms with Gasteiger partial charge in [-0.05, 0) is 60.4 Å². The Balaban J connectivity index is 1.40. The van der Waals surface area contributed by atoms with Gasteiger partial charge in [-0.1, -0.05) is 50.2 Å². The highest BCUT2D eigenvalue weighted by Gasteiger charge is 2.36. The first-order chi connectivity index (χ1) is 15.4. The standard InChI is InChI=1S/C27H29N3O2/c1-18(2)23-9-5-7-11-25(23)30-17-20(16-26(30)31)27(32)29-22-14-12-21(13-15-22)28-24-10-6-4-8-19(24)3/h4-15,18,20,28H,16-17H2,1-3H3,(H,29,32). The van der Waals surface area contributed by atoms with Crippen LogP contribution in [0.2, 0.25) is 0 Å². The zero-order valence-electron chi connectivity index (χ0n) is 18.8. The van der Waals surface area contributed by atoms with E-state index in [-0.39, 0.29) is 24.2 Å². The number of benzene rings is 3. The molecule has 3 aromatic rings. The van der Waals surface area contributed by atoms with Crippen LogP contribution in [-0.2, 0) is 9.59 Å². The van der Waals surface area contributed by atoms with Crippen molar-refractivity contribution in [1.82, 2.24) is 0 Å². The van der Waals surface area contributed by atoms with E-state index < -0.39 is 0 Å². The molecule has 4 rings (SSSR count). The van der Waals surface area contributed by atoms with E-state index >= 15 is 0 Å². The Bertz CT molecular complexity index is 1120. The molecule has 1 aliphatic heterocycles. The molecule has 0 bridgehead atoms. The monoisotopic (exact) mass is 427 g/mol. The van der Waals surface area contributed by atoms with Gasteiger partial charge < -0.3 is 15.5 Å². The lowest BCUT2D eigenvalue weighted by molar-refractivity contribution is -0.122. The second kappa shape index (κ2) is 9.27. The molecule has 1 unspecified atom stereocenters. The first kappa shape index (κ1) is 21.6. The number of aryl methyl sites for hydroxylation is 1. The average molecular weight is 428 g/mol. The minimum absolute atomic E-state index is 0.00368. The van der Waals surface area contributed by atoms with Gasteiger partial charge in [0.05, 0.1) is 5.92 Å². The summed E-state index contributed by atoms with van der Waals surface area (Å²) >= 11 is 0. The lowest BCUT2D eigenvalue weighted by Crippen LogP contribution is -2.28. The van der Waals surface area contributed by atoms with Crippen molar-refractivity contribution in [1.29, 1.82) is 0 Å². The van der Waals surface area contributed by atoms with Crippen molar-refractivity contribution in [3.63, 3.8) is 0 Å². The van der Waals surface area contributed by atoms with Crippen molar-refractivity contribution in [2.75, 3.05) is 22.1 Å². The quantitative estimate of drug-likeness (QED) is 0.518. The predicted octanol–water partition coefficient (Wildman–Crippen LogP) is 5.85. The number of nitrogens with one attached hydrogen (secondary N) is 2. The molecule has 1 fully saturated rings. The summed E-state index contributed by atoms with van der Waals surface area (Å²) in [7, 11) is 0. The first-order valence-electron chi connectivity index (χ1n) is 11.0. The number of hydrogen-bond acceptors (Lipinski definition) is 3. The molecule has 0 aliphatic carbocycles. The van der Waals surface area contributed by atoms with Crippen LogP contribution in [0.25, 0.3) is 0 Å². The molecule has 1 aliphatic rings. The van der Waals surface area contributed by atoms with Gasteiger partial charge in [0.2, 0.25) is 11.8 Å². The number of carbonyl (C=O) groups excluding carboxylic acids is 2. The molecule has 0 radical (unpaired) electrons. The number of anilines is 4. The zero-order valence-corrected chi connectivity index (χ0v) is 18.8. The summed E-state index contributed by atoms with van der Waals surface area (Å²) in [5, 5.41) is 6.36. The van der Waals surface area contributed by atoms with Gasteiger partial charge in [0, 0.05) is 35.7 Å². The van der Waals surface area contributed by atoms with E-state index in [9.17, 15) is 9.59 Å². The van der Waals surface area contributed by atoms with Gasteiger partial charge in [-0.2, -0.15) is 0 Å². The number of carbonyl (C=O) groups is 2. The van der Waals surface area contributed by atoms with Crippen LogP contribution < -0.4 is 15.5 Å². The third-order valence-corrected chi connectivity index (χ3v) is 5.92. The number of amides is 2. The van der Waals surface area contributed by atoms with Crippen LogP contribution in [0.4, 0.5) is 22.7 Å². The van der Waals surface area contributed by atoms with Gasteiger partial charge in [0.1, 0.15) is 0 Å². The Kier molecular flexibility index (Phi) is 6.26. The number of para-hydroxylation sites is 2. The van der Waals surface area contributed by atoms with Gasteiger partial charge in [-0.25, -0.2) is 0 Å². The third-order valence-electron chi connectivity index (χ3n) is 5.92. The topological polar surface area (TPSA) is 61.4 Å². The molecule has 1 heterocycles. The normalized spacial score (nSPS) is 15.8. The Hall–Kier alpha value is -3.60. The van der Waals surface area contributed by atoms with Crippen LogP contribution in [0, 0.1) is 12.8 Å². The van der Waals surface area contributed by atoms with E-state index in [1.807, 2.05) is 66.7 Å². The molecule has 2 amide bonds. The molecule has 5 heteroatoms. The van der Waals surface area contributed by atoms with Crippen LogP contribution in [0.15, 0.2) is 72.8 Å². The highest BCUT2D eigenvalue weighted by Crippen LogP contribution is 2.32. The third kappa shape index (κ3) is 4.67. The van der Waals surface area contributed by atoms with Crippen LogP contribution in [0.5, 0.6) is 0 Å². The van der Waals surface area contributed by atoms with E-state index in [0.717, 1.165) is 28.3 Å². The molecule has 0 aromatic heterocycles. The Morgan fingerprint density at radius 1 is 0.938 bits per heavy atom. The van der Waals surface area contributed by atoms with Crippen molar-refractivity contribution < 1.29 is 9.59 Å². The van der Waals surface area contributed by atoms with E-state index in [4.69, 9.17) is 0 Å². The molecular weight excluding hydrogens is 398 g/mol. The second-order valence-corrected chi connectivity index (χ2v) is 8.63. The summed E-state index contributed by atoms with van der Waals surface area (Å²) < 4.78 is 0. The maximum Gasteiger partial charge on any atom is 0.229 e. The Labute approximate surface area is 189 Å². The molecule has 5 nitrogen and oxygen atoms in total. The van der Waals surface area contributed by atoms with E-state index in [1.54, 1.807) is 4.90 Å². The summed E-state index contributed by atoms with van der Waals surface area (Å²) in [5.41, 5.74) is 5.92. The first-order valence-corrected chi connectivity index (χ1v) is 11.0. The number of nitrogens with zero attached hydrogens (tertiary/aromatic N) is 1. The smallest absolute Gasteiger partial charge is 0.229 e. The maximum atomic E-state index is 12.9. The minimum Gasteiger partial charge on any atom is -0.355 e. The fourth-order valence-electron chi connectivity index (χ4n) is 4.09. The molecule has 0 saturated carbocycles. The lowest BCUT2D eigenvalue weighted by Gasteiger charge is -2.22. The molecule has 2 N–H and O–H groups in total. The summed E-state index contributed by atoms with van der Waals surface area (Å²) in [4.78, 5) is 27.3. The summed E-state index contributed by atoms with van der Waals surface area (Å²) in [6, 6.07) is 23.7. The van der Waals surface area contributed by atoms with E-state index in [2.05, 4.69) is 37.5 Å².